The molecule has 0 radical (unpaired) electrons. The minimum Gasteiger partial charge on any atom is -0.478 e. The quantitative estimate of drug-likeness (QED) is 0.512. The molecule has 0 saturated carbocycles. The second-order valence-corrected chi connectivity index (χ2v) is 5.13. The molecule has 1 aromatic rings. The van der Waals surface area contributed by atoms with Crippen molar-refractivity contribution < 1.29 is 19.8 Å². The molecule has 0 spiro atoms. The Morgan fingerprint density at radius 3 is 2.70 bits per heavy atom. The highest BCUT2D eigenvalue weighted by Crippen LogP contribution is 2.19. The van der Waals surface area contributed by atoms with Crippen molar-refractivity contribution in [3.05, 3.63) is 40.0 Å². The van der Waals surface area contributed by atoms with Gasteiger partial charge in [0.25, 0.3) is 0 Å². The zero-order valence-corrected chi connectivity index (χ0v) is 12.8. The Kier molecular flexibility index (Phi) is 6.46. The van der Waals surface area contributed by atoms with Crippen LogP contribution in [0.1, 0.15) is 10.4 Å². The lowest BCUT2D eigenvalue weighted by molar-refractivity contribution is 0.0698. The largest absolute Gasteiger partial charge is 0.478 e. The zero-order valence-electron chi connectivity index (χ0n) is 10.7. The van der Waals surface area contributed by atoms with Crippen LogP contribution in [0.4, 0.5) is 10.5 Å². The molecular formula is C13H15IN2O4. The van der Waals surface area contributed by atoms with Crippen LogP contribution >= 0.6 is 22.6 Å². The molecule has 0 fully saturated rings. The van der Waals surface area contributed by atoms with Crippen molar-refractivity contribution in [2.75, 3.05) is 25.0 Å². The van der Waals surface area contributed by atoms with Crippen molar-refractivity contribution >= 4 is 40.3 Å². The fourth-order valence-corrected chi connectivity index (χ4v) is 2.04. The number of hydrogen-bond donors (Lipinski definition) is 3. The summed E-state index contributed by atoms with van der Waals surface area (Å²) >= 11 is 2.00. The summed E-state index contributed by atoms with van der Waals surface area (Å²) in [5.74, 6) is -1.11. The number of anilines is 1. The average molecular weight is 390 g/mol. The molecule has 20 heavy (non-hydrogen) atoms. The monoisotopic (exact) mass is 390 g/mol. The van der Waals surface area contributed by atoms with Gasteiger partial charge >= 0.3 is 12.0 Å². The summed E-state index contributed by atoms with van der Waals surface area (Å²) in [5.41, 5.74) is 0.239. The van der Waals surface area contributed by atoms with Crippen LogP contribution in [0.5, 0.6) is 0 Å². The van der Waals surface area contributed by atoms with Gasteiger partial charge in [0.05, 0.1) is 17.9 Å². The van der Waals surface area contributed by atoms with E-state index < -0.39 is 12.0 Å². The Morgan fingerprint density at radius 2 is 2.15 bits per heavy atom. The fourth-order valence-electron chi connectivity index (χ4n) is 1.55. The first-order valence-corrected chi connectivity index (χ1v) is 6.88. The second kappa shape index (κ2) is 7.85. The molecule has 0 aliphatic heterocycles. The number of nitrogens with zero attached hydrogens (tertiary/aromatic N) is 1. The average Bonchev–Trinajstić information content (AvgIpc) is 2.40. The van der Waals surface area contributed by atoms with Crippen LogP contribution in [-0.2, 0) is 0 Å². The van der Waals surface area contributed by atoms with E-state index >= 15 is 0 Å². The van der Waals surface area contributed by atoms with E-state index in [-0.39, 0.29) is 30.9 Å². The molecule has 0 atom stereocenters. The molecule has 7 heteroatoms. The maximum Gasteiger partial charge on any atom is 0.337 e. The van der Waals surface area contributed by atoms with Crippen molar-refractivity contribution in [1.82, 2.24) is 4.90 Å². The van der Waals surface area contributed by atoms with E-state index in [2.05, 4.69) is 11.9 Å². The summed E-state index contributed by atoms with van der Waals surface area (Å²) in [6, 6.07) is 4.23. The number of carbonyl (C=O) groups excluding carboxylic acids is 1. The first-order chi connectivity index (χ1) is 9.49. The Bertz CT molecular complexity index is 519. The van der Waals surface area contributed by atoms with E-state index in [4.69, 9.17) is 10.2 Å². The molecule has 1 aromatic carbocycles. The van der Waals surface area contributed by atoms with Crippen LogP contribution in [0.25, 0.3) is 0 Å². The number of carbonyl (C=O) groups is 2. The smallest absolute Gasteiger partial charge is 0.337 e. The molecular weight excluding hydrogens is 375 g/mol. The predicted octanol–water partition coefficient (Wildman–Crippen LogP) is 2.00. The van der Waals surface area contributed by atoms with E-state index in [1.54, 1.807) is 6.07 Å². The zero-order chi connectivity index (χ0) is 15.1. The highest BCUT2D eigenvalue weighted by molar-refractivity contribution is 14.1. The Morgan fingerprint density at radius 1 is 1.45 bits per heavy atom. The number of aromatic carboxylic acids is 1. The predicted molar refractivity (Wildman–Crippen MR) is 84.0 cm³/mol. The van der Waals surface area contributed by atoms with Crippen LogP contribution in [0.2, 0.25) is 0 Å². The number of aliphatic hydroxyl groups excluding tert-OH is 1. The second-order valence-electron chi connectivity index (χ2n) is 3.88. The van der Waals surface area contributed by atoms with Gasteiger partial charge in [-0.05, 0) is 40.8 Å². The maximum absolute atomic E-state index is 12.0. The van der Waals surface area contributed by atoms with Crippen LogP contribution in [0, 0.1) is 3.57 Å². The molecule has 108 valence electrons. The van der Waals surface area contributed by atoms with Crippen molar-refractivity contribution in [3.8, 4) is 0 Å². The van der Waals surface area contributed by atoms with Gasteiger partial charge in [-0.15, -0.1) is 6.58 Å². The molecule has 0 bridgehead atoms. The maximum atomic E-state index is 12.0. The van der Waals surface area contributed by atoms with Gasteiger partial charge in [-0.1, -0.05) is 6.08 Å². The molecule has 3 N–H and O–H groups in total. The lowest BCUT2D eigenvalue weighted by atomic mass is 10.2. The highest BCUT2D eigenvalue weighted by Gasteiger charge is 2.16. The molecule has 1 rings (SSSR count). The van der Waals surface area contributed by atoms with Gasteiger partial charge in [-0.2, -0.15) is 0 Å². The molecule has 0 aliphatic rings. The minimum atomic E-state index is -1.11. The number of urea groups is 1. The van der Waals surface area contributed by atoms with Crippen molar-refractivity contribution in [2.24, 2.45) is 0 Å². The first kappa shape index (κ1) is 16.4. The van der Waals surface area contributed by atoms with E-state index in [1.165, 1.54) is 23.1 Å². The van der Waals surface area contributed by atoms with E-state index in [9.17, 15) is 9.59 Å². The first-order valence-electron chi connectivity index (χ1n) is 5.80. The summed E-state index contributed by atoms with van der Waals surface area (Å²) in [5, 5.41) is 20.6. The normalized spacial score (nSPS) is 9.90. The lowest BCUT2D eigenvalue weighted by Gasteiger charge is -2.21. The van der Waals surface area contributed by atoms with Crippen LogP contribution in [-0.4, -0.2) is 46.8 Å². The van der Waals surface area contributed by atoms with E-state index in [1.807, 2.05) is 22.6 Å². The lowest BCUT2D eigenvalue weighted by Crippen LogP contribution is -2.37. The molecule has 0 unspecified atom stereocenters. The minimum absolute atomic E-state index is 0.0211. The van der Waals surface area contributed by atoms with Gasteiger partial charge in [-0.3, -0.25) is 0 Å². The Labute approximate surface area is 130 Å². The number of nitrogens with one attached hydrogen (secondary N) is 1. The van der Waals surface area contributed by atoms with Crippen LogP contribution in [0.15, 0.2) is 30.9 Å². The van der Waals surface area contributed by atoms with Crippen molar-refractivity contribution in [2.45, 2.75) is 0 Å². The van der Waals surface area contributed by atoms with Crippen molar-refractivity contribution in [1.29, 1.82) is 0 Å². The van der Waals surface area contributed by atoms with Gasteiger partial charge in [-0.25, -0.2) is 9.59 Å². The number of aliphatic hydroxyl groups is 1. The number of amides is 2. The van der Waals surface area contributed by atoms with Gasteiger partial charge in [0.2, 0.25) is 0 Å². The molecule has 0 heterocycles. The number of rotatable bonds is 6. The van der Waals surface area contributed by atoms with E-state index in [0.717, 1.165) is 3.57 Å². The Balaban J connectivity index is 2.94. The number of carboxylic acid groups (broad SMARTS) is 1. The molecule has 2 amide bonds. The number of benzene rings is 1. The van der Waals surface area contributed by atoms with Crippen molar-refractivity contribution in [3.63, 3.8) is 0 Å². The molecule has 0 aromatic heterocycles. The molecule has 0 saturated heterocycles. The highest BCUT2D eigenvalue weighted by atomic mass is 127. The molecule has 6 nitrogen and oxygen atoms in total. The summed E-state index contributed by atoms with van der Waals surface area (Å²) < 4.78 is 0.760. The summed E-state index contributed by atoms with van der Waals surface area (Å²) in [7, 11) is 0. The Hall–Kier alpha value is -1.61. The third-order valence-electron chi connectivity index (χ3n) is 2.46. The number of carboxylic acids is 1. The standard InChI is InChI=1S/C13H15IN2O4/c1-2-5-16(6-7-17)13(20)15-11-4-3-9(14)8-10(11)12(18)19/h2-4,8,17H,1,5-7H2,(H,15,20)(H,18,19). The van der Waals surface area contributed by atoms with Gasteiger partial charge in [0.1, 0.15) is 0 Å². The number of halogens is 1. The van der Waals surface area contributed by atoms with Gasteiger partial charge < -0.3 is 20.4 Å². The SMILES string of the molecule is C=CCN(CCO)C(=O)Nc1ccc(I)cc1C(=O)O. The third kappa shape index (κ3) is 4.49. The van der Waals surface area contributed by atoms with Gasteiger partial charge in [0, 0.05) is 16.7 Å². The fraction of sp³-hybridized carbons (Fsp3) is 0.231. The summed E-state index contributed by atoms with van der Waals surface area (Å²) in [6.07, 6.45) is 1.53. The van der Waals surface area contributed by atoms with Crippen LogP contribution in [0.3, 0.4) is 0 Å². The summed E-state index contributed by atoms with van der Waals surface area (Å²) in [6.45, 7) is 3.76. The summed E-state index contributed by atoms with van der Waals surface area (Å²) in [4.78, 5) is 24.5. The number of hydrogen-bond acceptors (Lipinski definition) is 3. The van der Waals surface area contributed by atoms with Gasteiger partial charge in [0.15, 0.2) is 0 Å². The third-order valence-corrected chi connectivity index (χ3v) is 3.13. The topological polar surface area (TPSA) is 89.9 Å². The van der Waals surface area contributed by atoms with E-state index in [0.29, 0.717) is 0 Å². The van der Waals surface area contributed by atoms with Crippen LogP contribution < -0.4 is 5.32 Å². The molecule has 0 aliphatic carbocycles.